The molecule has 0 spiro atoms. The lowest BCUT2D eigenvalue weighted by atomic mass is 10.1. The van der Waals surface area contributed by atoms with Gasteiger partial charge in [-0.15, -0.1) is 24.0 Å². The van der Waals surface area contributed by atoms with Crippen molar-refractivity contribution in [2.75, 3.05) is 65.4 Å². The number of aliphatic imine (C=N–C) groups is 1. The van der Waals surface area contributed by atoms with Crippen LogP contribution in [0.1, 0.15) is 46.5 Å². The van der Waals surface area contributed by atoms with Gasteiger partial charge in [-0.05, 0) is 58.2 Å². The molecule has 0 saturated carbocycles. The second-order valence-electron chi connectivity index (χ2n) is 7.75. The standard InChI is InChI=1S/C20H41N5O.HI/c1-4-21-20(22-11-7-12-24-13-9-19(26)10-14-24)25-15-8-18(17-25)16-23(5-2)6-3;/h18-19,26H,4-17H2,1-3H3,(H,21,22);1H. The number of aliphatic hydroxyl groups excluding tert-OH is 1. The molecule has 2 heterocycles. The third-order valence-electron chi connectivity index (χ3n) is 5.78. The summed E-state index contributed by atoms with van der Waals surface area (Å²) >= 11 is 0. The van der Waals surface area contributed by atoms with Crippen molar-refractivity contribution in [3.63, 3.8) is 0 Å². The Kier molecular flexibility index (Phi) is 12.9. The number of hydrogen-bond donors (Lipinski definition) is 2. The molecule has 2 aliphatic rings. The van der Waals surface area contributed by atoms with Crippen LogP contribution in [-0.4, -0.2) is 97.3 Å². The minimum Gasteiger partial charge on any atom is -0.393 e. The predicted molar refractivity (Wildman–Crippen MR) is 125 cm³/mol. The van der Waals surface area contributed by atoms with Gasteiger partial charge in [-0.3, -0.25) is 4.99 Å². The van der Waals surface area contributed by atoms with Crippen LogP contribution in [0.25, 0.3) is 0 Å². The first kappa shape index (κ1) is 24.9. The molecule has 2 aliphatic heterocycles. The predicted octanol–water partition coefficient (Wildman–Crippen LogP) is 2.08. The summed E-state index contributed by atoms with van der Waals surface area (Å²) in [5, 5.41) is 13.1. The minimum atomic E-state index is -0.0796. The fraction of sp³-hybridized carbons (Fsp3) is 0.950. The molecule has 2 fully saturated rings. The molecule has 0 radical (unpaired) electrons. The number of piperidine rings is 1. The number of hydrogen-bond acceptors (Lipinski definition) is 4. The van der Waals surface area contributed by atoms with Crippen LogP contribution in [0.5, 0.6) is 0 Å². The minimum absolute atomic E-state index is 0. The number of nitrogens with zero attached hydrogens (tertiary/aromatic N) is 4. The van der Waals surface area contributed by atoms with E-state index in [1.54, 1.807) is 0 Å². The van der Waals surface area contributed by atoms with Gasteiger partial charge in [-0.25, -0.2) is 0 Å². The summed E-state index contributed by atoms with van der Waals surface area (Å²) in [7, 11) is 0. The van der Waals surface area contributed by atoms with E-state index in [0.717, 1.165) is 90.0 Å². The molecule has 160 valence electrons. The Balaban J connectivity index is 0.00000364. The zero-order valence-corrected chi connectivity index (χ0v) is 20.0. The molecule has 1 unspecified atom stereocenters. The molecule has 0 aromatic rings. The SMILES string of the molecule is CCNC(=NCCCN1CCC(O)CC1)N1CCC(CN(CC)CC)C1.I. The topological polar surface area (TPSA) is 54.3 Å². The molecule has 0 aromatic heterocycles. The van der Waals surface area contributed by atoms with Crippen molar-refractivity contribution in [2.24, 2.45) is 10.9 Å². The number of aliphatic hydroxyl groups is 1. The summed E-state index contributed by atoms with van der Waals surface area (Å²) in [5.41, 5.74) is 0. The maximum Gasteiger partial charge on any atom is 0.193 e. The Hall–Kier alpha value is -0.120. The van der Waals surface area contributed by atoms with Crippen molar-refractivity contribution < 1.29 is 5.11 Å². The maximum atomic E-state index is 9.59. The van der Waals surface area contributed by atoms with Gasteiger partial charge in [0.05, 0.1) is 6.10 Å². The molecule has 2 saturated heterocycles. The Bertz CT molecular complexity index is 411. The van der Waals surface area contributed by atoms with Crippen LogP contribution in [0.2, 0.25) is 0 Å². The quantitative estimate of drug-likeness (QED) is 0.222. The number of guanidine groups is 1. The van der Waals surface area contributed by atoms with E-state index in [4.69, 9.17) is 4.99 Å². The molecule has 2 N–H and O–H groups in total. The maximum absolute atomic E-state index is 9.59. The lowest BCUT2D eigenvalue weighted by molar-refractivity contribution is 0.0824. The molecule has 0 aliphatic carbocycles. The summed E-state index contributed by atoms with van der Waals surface area (Å²) in [5.74, 6) is 1.86. The third-order valence-corrected chi connectivity index (χ3v) is 5.78. The largest absolute Gasteiger partial charge is 0.393 e. The van der Waals surface area contributed by atoms with E-state index >= 15 is 0 Å². The van der Waals surface area contributed by atoms with Crippen LogP contribution in [0.4, 0.5) is 0 Å². The van der Waals surface area contributed by atoms with E-state index in [1.165, 1.54) is 13.0 Å². The first-order chi connectivity index (χ1) is 12.7. The Labute approximate surface area is 183 Å². The summed E-state index contributed by atoms with van der Waals surface area (Å²) in [4.78, 5) is 12.3. The normalized spacial score (nSPS) is 22.3. The highest BCUT2D eigenvalue weighted by Gasteiger charge is 2.25. The lowest BCUT2D eigenvalue weighted by Crippen LogP contribution is -2.41. The van der Waals surface area contributed by atoms with E-state index in [1.807, 2.05) is 0 Å². The van der Waals surface area contributed by atoms with Crippen molar-refractivity contribution in [3.05, 3.63) is 0 Å². The highest BCUT2D eigenvalue weighted by molar-refractivity contribution is 14.0. The van der Waals surface area contributed by atoms with Crippen LogP contribution < -0.4 is 5.32 Å². The van der Waals surface area contributed by atoms with Gasteiger partial charge in [0.1, 0.15) is 0 Å². The summed E-state index contributed by atoms with van der Waals surface area (Å²) < 4.78 is 0. The summed E-state index contributed by atoms with van der Waals surface area (Å²) in [6.07, 6.45) is 4.14. The van der Waals surface area contributed by atoms with Crippen molar-refractivity contribution in [3.8, 4) is 0 Å². The van der Waals surface area contributed by atoms with Crippen molar-refractivity contribution in [1.82, 2.24) is 20.0 Å². The Morgan fingerprint density at radius 2 is 1.81 bits per heavy atom. The van der Waals surface area contributed by atoms with E-state index in [2.05, 4.69) is 40.8 Å². The van der Waals surface area contributed by atoms with Gasteiger partial charge < -0.3 is 25.1 Å². The van der Waals surface area contributed by atoms with Gasteiger partial charge in [0.2, 0.25) is 0 Å². The average Bonchev–Trinajstić information content (AvgIpc) is 3.12. The van der Waals surface area contributed by atoms with Crippen LogP contribution in [0.3, 0.4) is 0 Å². The van der Waals surface area contributed by atoms with E-state index in [0.29, 0.717) is 0 Å². The van der Waals surface area contributed by atoms with Gasteiger partial charge in [0.15, 0.2) is 5.96 Å². The number of halogens is 1. The van der Waals surface area contributed by atoms with Gasteiger partial charge in [0, 0.05) is 45.8 Å². The van der Waals surface area contributed by atoms with E-state index < -0.39 is 0 Å². The number of rotatable bonds is 9. The monoisotopic (exact) mass is 495 g/mol. The molecule has 0 bridgehead atoms. The first-order valence-corrected chi connectivity index (χ1v) is 10.8. The highest BCUT2D eigenvalue weighted by atomic mass is 127. The van der Waals surface area contributed by atoms with Gasteiger partial charge in [-0.2, -0.15) is 0 Å². The van der Waals surface area contributed by atoms with Gasteiger partial charge >= 0.3 is 0 Å². The van der Waals surface area contributed by atoms with Crippen molar-refractivity contribution in [1.29, 1.82) is 0 Å². The van der Waals surface area contributed by atoms with Gasteiger partial charge in [0.25, 0.3) is 0 Å². The van der Waals surface area contributed by atoms with Crippen LogP contribution >= 0.6 is 24.0 Å². The smallest absolute Gasteiger partial charge is 0.193 e. The fourth-order valence-corrected chi connectivity index (χ4v) is 4.07. The van der Waals surface area contributed by atoms with E-state index in [9.17, 15) is 5.11 Å². The van der Waals surface area contributed by atoms with Crippen molar-refractivity contribution >= 4 is 29.9 Å². The average molecular weight is 495 g/mol. The van der Waals surface area contributed by atoms with Crippen LogP contribution in [-0.2, 0) is 0 Å². The van der Waals surface area contributed by atoms with Gasteiger partial charge in [-0.1, -0.05) is 13.8 Å². The van der Waals surface area contributed by atoms with Crippen LogP contribution in [0, 0.1) is 5.92 Å². The Morgan fingerprint density at radius 1 is 1.11 bits per heavy atom. The molecule has 27 heavy (non-hydrogen) atoms. The zero-order chi connectivity index (χ0) is 18.8. The summed E-state index contributed by atoms with van der Waals surface area (Å²) in [6.45, 7) is 17.4. The molecular formula is C20H42IN5O. The molecule has 6 nitrogen and oxygen atoms in total. The third kappa shape index (κ3) is 8.83. The Morgan fingerprint density at radius 3 is 2.44 bits per heavy atom. The summed E-state index contributed by atoms with van der Waals surface area (Å²) in [6, 6.07) is 0. The zero-order valence-electron chi connectivity index (χ0n) is 17.7. The number of likely N-dealkylation sites (tertiary alicyclic amines) is 2. The molecular weight excluding hydrogens is 453 g/mol. The molecule has 1 atom stereocenters. The van der Waals surface area contributed by atoms with E-state index in [-0.39, 0.29) is 30.1 Å². The molecule has 0 aromatic carbocycles. The number of nitrogens with one attached hydrogen (secondary N) is 1. The first-order valence-electron chi connectivity index (χ1n) is 10.8. The molecule has 0 amide bonds. The van der Waals surface area contributed by atoms with Crippen LogP contribution in [0.15, 0.2) is 4.99 Å². The lowest BCUT2D eigenvalue weighted by Gasteiger charge is -2.29. The second kappa shape index (κ2) is 14.0. The molecule has 7 heteroatoms. The molecule has 2 rings (SSSR count). The van der Waals surface area contributed by atoms with Crippen molar-refractivity contribution in [2.45, 2.75) is 52.6 Å². The highest BCUT2D eigenvalue weighted by Crippen LogP contribution is 2.17. The fourth-order valence-electron chi connectivity index (χ4n) is 4.07. The second-order valence-corrected chi connectivity index (χ2v) is 7.75.